The molecular weight excluding hydrogens is 383 g/mol. The van der Waals surface area contributed by atoms with Crippen molar-refractivity contribution < 1.29 is 19.4 Å². The number of aliphatic carboxylic acids is 1. The van der Waals surface area contributed by atoms with Crippen molar-refractivity contribution in [2.45, 2.75) is 44.2 Å². The van der Waals surface area contributed by atoms with Crippen LogP contribution in [0.1, 0.15) is 44.1 Å². The summed E-state index contributed by atoms with van der Waals surface area (Å²) in [5, 5.41) is 12.0. The Morgan fingerprint density at radius 2 is 1.59 bits per heavy atom. The molecule has 4 nitrogen and oxygen atoms in total. The van der Waals surface area contributed by atoms with E-state index >= 15 is 0 Å². The molecule has 0 aromatic heterocycles. The van der Waals surface area contributed by atoms with E-state index in [0.717, 1.165) is 18.2 Å². The third-order valence-electron chi connectivity index (χ3n) is 5.47. The predicted molar refractivity (Wildman–Crippen MR) is 118 cm³/mol. The molecule has 3 atom stereocenters. The Balaban J connectivity index is 2.14. The van der Waals surface area contributed by atoms with Crippen molar-refractivity contribution in [1.82, 2.24) is 0 Å². The maximum Gasteiger partial charge on any atom is 0.311 e. The predicted octanol–water partition coefficient (Wildman–Crippen LogP) is 5.55. The Morgan fingerprint density at radius 1 is 0.931 bits per heavy atom. The second-order valence-electron chi connectivity index (χ2n) is 7.41. The molecule has 0 saturated carbocycles. The van der Waals surface area contributed by atoms with Gasteiger partial charge in [0.1, 0.15) is 0 Å². The van der Waals surface area contributed by atoms with Gasteiger partial charge in [0.05, 0.1) is 11.6 Å². The molecular formula is C24H27O4P. The second-order valence-corrected chi connectivity index (χ2v) is 9.80. The van der Waals surface area contributed by atoms with E-state index in [4.69, 9.17) is 0 Å². The van der Waals surface area contributed by atoms with Gasteiger partial charge < -0.3 is 10.00 Å². The molecule has 3 rings (SSSR count). The maximum atomic E-state index is 13.9. The highest BCUT2D eigenvalue weighted by Crippen LogP contribution is 2.54. The van der Waals surface area contributed by atoms with Crippen LogP contribution in [-0.4, -0.2) is 21.6 Å². The van der Waals surface area contributed by atoms with Crippen LogP contribution in [0.5, 0.6) is 0 Å². The molecule has 0 aliphatic carbocycles. The lowest BCUT2D eigenvalue weighted by Gasteiger charge is -2.29. The lowest BCUT2D eigenvalue weighted by Crippen LogP contribution is -2.30. The molecule has 0 heterocycles. The van der Waals surface area contributed by atoms with Gasteiger partial charge in [0, 0.05) is 5.30 Å². The zero-order valence-corrected chi connectivity index (χ0v) is 17.5. The Bertz CT molecular complexity index is 1010. The second kappa shape index (κ2) is 9.39. The number of carboxylic acid groups (broad SMARTS) is 1. The summed E-state index contributed by atoms with van der Waals surface area (Å²) in [5.74, 6) is -2.10. The van der Waals surface area contributed by atoms with Crippen LogP contribution in [0.4, 0.5) is 0 Å². The molecule has 0 aliphatic heterocycles. The van der Waals surface area contributed by atoms with Crippen LogP contribution in [0.2, 0.25) is 0 Å². The molecule has 29 heavy (non-hydrogen) atoms. The molecule has 0 bridgehead atoms. The topological polar surface area (TPSA) is 74.6 Å². The number of hydrogen-bond donors (Lipinski definition) is 2. The molecule has 0 spiro atoms. The normalized spacial score (nSPS) is 15.5. The van der Waals surface area contributed by atoms with Gasteiger partial charge in [0.15, 0.2) is 0 Å². The van der Waals surface area contributed by atoms with E-state index in [1.54, 1.807) is 36.4 Å². The van der Waals surface area contributed by atoms with Crippen LogP contribution < -0.4 is 5.30 Å². The van der Waals surface area contributed by atoms with Gasteiger partial charge in [0.2, 0.25) is 7.37 Å². The Kier molecular flexibility index (Phi) is 6.89. The van der Waals surface area contributed by atoms with Crippen LogP contribution in [-0.2, 0) is 9.36 Å². The van der Waals surface area contributed by atoms with Crippen molar-refractivity contribution in [2.75, 3.05) is 0 Å². The number of fused-ring (bicyclic) bond motifs is 1. The number of hydrogen-bond acceptors (Lipinski definition) is 2. The summed E-state index contributed by atoms with van der Waals surface area (Å²) in [4.78, 5) is 23.7. The fourth-order valence-corrected chi connectivity index (χ4v) is 6.45. The molecule has 3 unspecified atom stereocenters. The van der Waals surface area contributed by atoms with E-state index in [-0.39, 0.29) is 0 Å². The van der Waals surface area contributed by atoms with E-state index in [9.17, 15) is 19.4 Å². The van der Waals surface area contributed by atoms with Crippen molar-refractivity contribution in [2.24, 2.45) is 0 Å². The fraction of sp³-hybridized carbons (Fsp3) is 0.292. The van der Waals surface area contributed by atoms with Crippen molar-refractivity contribution >= 4 is 29.4 Å². The molecule has 5 heteroatoms. The zero-order chi connectivity index (χ0) is 20.9. The Morgan fingerprint density at radius 3 is 2.28 bits per heavy atom. The van der Waals surface area contributed by atoms with Crippen LogP contribution in [0.3, 0.4) is 0 Å². The Labute approximate surface area is 171 Å². The quantitative estimate of drug-likeness (QED) is 0.358. The minimum atomic E-state index is -4.00. The maximum absolute atomic E-state index is 13.9. The molecule has 152 valence electrons. The number of carboxylic acids is 1. The van der Waals surface area contributed by atoms with Crippen LogP contribution >= 0.6 is 7.37 Å². The standard InChI is InChI=1S/C24H27O4P/c1-2-3-5-16-22(23(24(25)26)19-12-6-4-7-13-19)29(27,28)21-17-10-14-18-11-8-9-15-20(18)21/h4,6-15,17,22-23H,2-3,5,16H2,1H3,(H,25,26)(H,27,28). The first-order valence-electron chi connectivity index (χ1n) is 10.1. The summed E-state index contributed by atoms with van der Waals surface area (Å²) in [6, 6.07) is 21.6. The van der Waals surface area contributed by atoms with E-state index in [1.807, 2.05) is 36.4 Å². The van der Waals surface area contributed by atoms with Gasteiger partial charge in [-0.1, -0.05) is 92.9 Å². The van der Waals surface area contributed by atoms with Gasteiger partial charge in [-0.25, -0.2) is 0 Å². The highest BCUT2D eigenvalue weighted by atomic mass is 31.2. The first-order chi connectivity index (χ1) is 14.0. The highest BCUT2D eigenvalue weighted by Gasteiger charge is 2.43. The number of carbonyl (C=O) groups is 1. The third-order valence-corrected chi connectivity index (χ3v) is 8.01. The highest BCUT2D eigenvalue weighted by molar-refractivity contribution is 7.67. The summed E-state index contributed by atoms with van der Waals surface area (Å²) >= 11 is 0. The molecule has 0 fully saturated rings. The van der Waals surface area contributed by atoms with Crippen LogP contribution in [0.25, 0.3) is 10.8 Å². The Hall–Kier alpha value is -2.42. The third kappa shape index (κ3) is 4.60. The fourth-order valence-electron chi connectivity index (χ4n) is 4.00. The lowest BCUT2D eigenvalue weighted by molar-refractivity contribution is -0.138. The molecule has 0 amide bonds. The molecule has 0 aliphatic rings. The summed E-state index contributed by atoms with van der Waals surface area (Å²) in [5.41, 5.74) is -0.323. The smallest absolute Gasteiger partial charge is 0.311 e. The van der Waals surface area contributed by atoms with Gasteiger partial charge in [-0.15, -0.1) is 0 Å². The molecule has 0 saturated heterocycles. The van der Waals surface area contributed by atoms with Gasteiger partial charge >= 0.3 is 5.97 Å². The number of benzene rings is 3. The average Bonchev–Trinajstić information content (AvgIpc) is 2.73. The summed E-state index contributed by atoms with van der Waals surface area (Å²) in [6.07, 6.45) is 2.96. The van der Waals surface area contributed by atoms with E-state index < -0.39 is 24.9 Å². The zero-order valence-electron chi connectivity index (χ0n) is 16.6. The first kappa shape index (κ1) is 21.3. The van der Waals surface area contributed by atoms with E-state index in [1.165, 1.54) is 0 Å². The molecule has 3 aromatic carbocycles. The summed E-state index contributed by atoms with van der Waals surface area (Å²) < 4.78 is 13.9. The SMILES string of the molecule is CCCCCC(C(C(=O)O)c1ccccc1)P(=O)(O)c1cccc2ccccc12. The lowest BCUT2D eigenvalue weighted by atomic mass is 9.92. The monoisotopic (exact) mass is 410 g/mol. The van der Waals surface area contributed by atoms with Gasteiger partial charge in [-0.2, -0.15) is 0 Å². The summed E-state index contributed by atoms with van der Waals surface area (Å²) in [7, 11) is -4.00. The number of rotatable bonds is 9. The molecule has 2 N–H and O–H groups in total. The van der Waals surface area contributed by atoms with Crippen molar-refractivity contribution in [1.29, 1.82) is 0 Å². The largest absolute Gasteiger partial charge is 0.481 e. The van der Waals surface area contributed by atoms with Crippen molar-refractivity contribution in [3.05, 3.63) is 78.4 Å². The van der Waals surface area contributed by atoms with E-state index in [0.29, 0.717) is 29.1 Å². The molecule has 3 aromatic rings. The van der Waals surface area contributed by atoms with Crippen molar-refractivity contribution in [3.8, 4) is 0 Å². The van der Waals surface area contributed by atoms with Gasteiger partial charge in [-0.05, 0) is 28.8 Å². The molecule has 0 radical (unpaired) electrons. The summed E-state index contributed by atoms with van der Waals surface area (Å²) in [6.45, 7) is 2.06. The van der Waals surface area contributed by atoms with Crippen LogP contribution in [0, 0.1) is 0 Å². The minimum absolute atomic E-state index is 0.347. The van der Waals surface area contributed by atoms with Gasteiger partial charge in [0.25, 0.3) is 0 Å². The number of unbranched alkanes of at least 4 members (excludes halogenated alkanes) is 2. The minimum Gasteiger partial charge on any atom is -0.481 e. The first-order valence-corrected chi connectivity index (χ1v) is 11.8. The van der Waals surface area contributed by atoms with Crippen LogP contribution in [0.15, 0.2) is 72.8 Å². The average molecular weight is 410 g/mol. The van der Waals surface area contributed by atoms with Gasteiger partial charge in [-0.3, -0.25) is 9.36 Å². The van der Waals surface area contributed by atoms with E-state index in [2.05, 4.69) is 6.92 Å². The van der Waals surface area contributed by atoms with Crippen molar-refractivity contribution in [3.63, 3.8) is 0 Å².